The fraction of sp³-hybridized carbons (Fsp3) is 0.728. The van der Waals surface area contributed by atoms with Crippen molar-refractivity contribution in [3.8, 4) is 0 Å². The molecule has 0 spiro atoms. The van der Waals surface area contributed by atoms with Crippen LogP contribution in [0.5, 0.6) is 0 Å². The summed E-state index contributed by atoms with van der Waals surface area (Å²) in [5.74, 6) is -2.23. The predicted molar refractivity (Wildman–Crippen MR) is 408 cm³/mol. The van der Waals surface area contributed by atoms with Gasteiger partial charge in [0.05, 0.1) is 26.4 Å². The normalized spacial score (nSPS) is 14.5. The number of ether oxygens (including phenoxy) is 4. The summed E-state index contributed by atoms with van der Waals surface area (Å²) in [6.45, 7) is 4.62. The van der Waals surface area contributed by atoms with Gasteiger partial charge in [0, 0.05) is 25.7 Å². The molecule has 0 bridgehead atoms. The number of phosphoric acid groups is 2. The van der Waals surface area contributed by atoms with Crippen molar-refractivity contribution in [2.75, 3.05) is 39.6 Å². The number of esters is 4. The summed E-state index contributed by atoms with van der Waals surface area (Å²) in [5.41, 5.74) is 0. The molecule has 0 aromatic carbocycles. The van der Waals surface area contributed by atoms with Crippen LogP contribution < -0.4 is 0 Å². The summed E-state index contributed by atoms with van der Waals surface area (Å²) in [6, 6.07) is 0. The van der Waals surface area contributed by atoms with Crippen molar-refractivity contribution in [3.05, 3.63) is 109 Å². The molecular formula is C81H140O17P2. The highest BCUT2D eigenvalue weighted by atomic mass is 31.2. The first-order chi connectivity index (χ1) is 48.7. The van der Waals surface area contributed by atoms with Gasteiger partial charge in [-0.05, 0) is 128 Å². The van der Waals surface area contributed by atoms with E-state index in [1.807, 2.05) is 0 Å². The van der Waals surface area contributed by atoms with E-state index in [2.05, 4.69) is 137 Å². The Labute approximate surface area is 607 Å². The molecular weight excluding hydrogens is 1310 g/mol. The first-order valence-electron chi connectivity index (χ1n) is 39.1. The van der Waals surface area contributed by atoms with E-state index in [1.165, 1.54) is 70.6 Å². The first kappa shape index (κ1) is 95.7. The Morgan fingerprint density at radius 1 is 0.290 bits per heavy atom. The SMILES string of the molecule is CC/C=C\C/C=C\C/C=C\C/C=C\C/C=C\CCCCCC(=O)OCC(COP(=O)(O)OCC(O)COP(=O)(O)OCC(COC(=O)CCCCCCC/C=C\C/C=C\CCCCC)OC(=O)CCCCCCC/C=C\C/C=C\CCC)OC(=O)CCCCCCCCCCCCCCC. The molecule has 0 radical (unpaired) electrons. The van der Waals surface area contributed by atoms with Crippen molar-refractivity contribution in [2.45, 2.75) is 341 Å². The molecule has 0 heterocycles. The maximum absolute atomic E-state index is 13.1. The summed E-state index contributed by atoms with van der Waals surface area (Å²) in [6.07, 6.45) is 77.8. The minimum Gasteiger partial charge on any atom is -0.462 e. The number of carbonyl (C=O) groups excluding carboxylic acids is 4. The average Bonchev–Trinajstić information content (AvgIpc) is 0.935. The van der Waals surface area contributed by atoms with Gasteiger partial charge in [0.25, 0.3) is 0 Å². The highest BCUT2D eigenvalue weighted by molar-refractivity contribution is 7.47. The summed E-state index contributed by atoms with van der Waals surface area (Å²) >= 11 is 0. The molecule has 576 valence electrons. The van der Waals surface area contributed by atoms with Crippen LogP contribution >= 0.6 is 15.6 Å². The highest BCUT2D eigenvalue weighted by Gasteiger charge is 2.30. The van der Waals surface area contributed by atoms with Gasteiger partial charge in [-0.1, -0.05) is 278 Å². The Hall–Kier alpha value is -4.28. The molecule has 19 heteroatoms. The van der Waals surface area contributed by atoms with E-state index in [4.69, 9.17) is 37.0 Å². The number of hydrogen-bond donors (Lipinski definition) is 3. The Bertz CT molecular complexity index is 2320. The van der Waals surface area contributed by atoms with Crippen LogP contribution in [-0.4, -0.2) is 96.7 Å². The molecule has 5 atom stereocenters. The summed E-state index contributed by atoms with van der Waals surface area (Å²) in [7, 11) is -9.96. The van der Waals surface area contributed by atoms with Gasteiger partial charge in [-0.2, -0.15) is 0 Å². The minimum absolute atomic E-state index is 0.0748. The molecule has 0 aliphatic rings. The van der Waals surface area contributed by atoms with Crippen LogP contribution in [0.4, 0.5) is 0 Å². The van der Waals surface area contributed by atoms with E-state index >= 15 is 0 Å². The van der Waals surface area contributed by atoms with E-state index in [0.717, 1.165) is 173 Å². The van der Waals surface area contributed by atoms with Crippen LogP contribution in [0, 0.1) is 0 Å². The topological polar surface area (TPSA) is 237 Å². The van der Waals surface area contributed by atoms with Crippen LogP contribution in [0.2, 0.25) is 0 Å². The van der Waals surface area contributed by atoms with Crippen LogP contribution in [0.3, 0.4) is 0 Å². The Morgan fingerprint density at radius 3 is 0.870 bits per heavy atom. The van der Waals surface area contributed by atoms with Crippen molar-refractivity contribution in [1.82, 2.24) is 0 Å². The molecule has 0 saturated carbocycles. The van der Waals surface area contributed by atoms with Crippen LogP contribution in [0.25, 0.3) is 0 Å². The molecule has 0 amide bonds. The standard InChI is InChI=1S/C81H140O17P2/c1-5-9-13-17-21-25-29-33-35-36-37-38-40-44-46-50-54-58-62-66-79(84)92-72-77(98-81(86)68-64-60-56-52-48-42-32-28-24-20-16-12-8-4)74-96-100(89,90)94-70-75(82)69-93-99(87,88)95-73-76(97-80(85)67-63-59-55-51-47-41-31-27-23-19-15-11-7-3)71-91-78(83)65-61-57-53-49-45-43-39-34-30-26-22-18-14-10-6-2/h9,13,15,19,21-22,25-27,31,33-35,37-39,44,46,75-77,82H,5-8,10-12,14,16-18,20,23-24,28-30,32,36,40-43,45,47-74H2,1-4H3,(H,87,88)(H,89,90)/b13-9-,19-15-,25-21-,26-22-,31-27-,35-33-,38-37-,39-34-,46-44-. The number of phosphoric ester groups is 2. The quantitative estimate of drug-likeness (QED) is 0.0169. The Kier molecular flexibility index (Phi) is 69.9. The maximum Gasteiger partial charge on any atom is 0.472 e. The van der Waals surface area contributed by atoms with E-state index in [1.54, 1.807) is 0 Å². The van der Waals surface area contributed by atoms with Gasteiger partial charge in [-0.25, -0.2) is 9.13 Å². The first-order valence-corrected chi connectivity index (χ1v) is 42.1. The van der Waals surface area contributed by atoms with E-state index in [0.29, 0.717) is 25.7 Å². The molecule has 0 aliphatic carbocycles. The van der Waals surface area contributed by atoms with Crippen LogP contribution in [0.1, 0.15) is 323 Å². The van der Waals surface area contributed by atoms with Gasteiger partial charge >= 0.3 is 39.5 Å². The fourth-order valence-corrected chi connectivity index (χ4v) is 11.8. The second-order valence-electron chi connectivity index (χ2n) is 25.9. The lowest BCUT2D eigenvalue weighted by Crippen LogP contribution is -2.30. The predicted octanol–water partition coefficient (Wildman–Crippen LogP) is 22.6. The summed E-state index contributed by atoms with van der Waals surface area (Å²) < 4.78 is 68.5. The molecule has 17 nitrogen and oxygen atoms in total. The zero-order valence-electron chi connectivity index (χ0n) is 62.8. The molecule has 5 unspecified atom stereocenters. The Morgan fingerprint density at radius 2 is 0.540 bits per heavy atom. The number of carbonyl (C=O) groups is 4. The van der Waals surface area contributed by atoms with Crippen molar-refractivity contribution < 1.29 is 80.2 Å². The van der Waals surface area contributed by atoms with Gasteiger partial charge in [0.15, 0.2) is 12.2 Å². The zero-order chi connectivity index (χ0) is 73.2. The largest absolute Gasteiger partial charge is 0.472 e. The number of aliphatic hydroxyl groups excluding tert-OH is 1. The van der Waals surface area contributed by atoms with Gasteiger partial charge in [0.1, 0.15) is 19.3 Å². The average molecular weight is 1450 g/mol. The molecule has 0 saturated heterocycles. The number of allylic oxidation sites excluding steroid dienone is 18. The monoisotopic (exact) mass is 1450 g/mol. The maximum atomic E-state index is 13.1. The van der Waals surface area contributed by atoms with E-state index in [-0.39, 0.29) is 25.7 Å². The smallest absolute Gasteiger partial charge is 0.462 e. The van der Waals surface area contributed by atoms with E-state index in [9.17, 15) is 43.2 Å². The van der Waals surface area contributed by atoms with Gasteiger partial charge < -0.3 is 33.8 Å². The van der Waals surface area contributed by atoms with E-state index < -0.39 is 97.5 Å². The second kappa shape index (κ2) is 73.0. The molecule has 0 rings (SSSR count). The summed E-state index contributed by atoms with van der Waals surface area (Å²) in [4.78, 5) is 72.9. The van der Waals surface area contributed by atoms with Crippen molar-refractivity contribution in [1.29, 1.82) is 0 Å². The number of hydrogen-bond acceptors (Lipinski definition) is 15. The molecule has 3 N–H and O–H groups in total. The molecule has 0 aromatic rings. The number of aliphatic hydroxyl groups is 1. The third-order valence-corrected chi connectivity index (χ3v) is 18.1. The third-order valence-electron chi connectivity index (χ3n) is 16.2. The zero-order valence-corrected chi connectivity index (χ0v) is 64.6. The van der Waals surface area contributed by atoms with Crippen LogP contribution in [0.15, 0.2) is 109 Å². The third kappa shape index (κ3) is 72.1. The minimum atomic E-state index is -4.98. The molecule has 0 aliphatic heterocycles. The second-order valence-corrected chi connectivity index (χ2v) is 28.8. The summed E-state index contributed by atoms with van der Waals surface area (Å²) in [5, 5.41) is 10.6. The van der Waals surface area contributed by atoms with Crippen molar-refractivity contribution >= 4 is 39.5 Å². The number of rotatable bonds is 73. The Balaban J connectivity index is 5.37. The molecule has 0 aromatic heterocycles. The number of unbranched alkanes of at least 4 members (excludes halogenated alkanes) is 29. The lowest BCUT2D eigenvalue weighted by molar-refractivity contribution is -0.161. The van der Waals surface area contributed by atoms with Gasteiger partial charge in [-0.3, -0.25) is 37.3 Å². The van der Waals surface area contributed by atoms with Crippen molar-refractivity contribution in [2.24, 2.45) is 0 Å². The lowest BCUT2D eigenvalue weighted by Gasteiger charge is -2.21. The van der Waals surface area contributed by atoms with Gasteiger partial charge in [-0.15, -0.1) is 0 Å². The fourth-order valence-electron chi connectivity index (χ4n) is 10.3. The van der Waals surface area contributed by atoms with Crippen LogP contribution in [-0.2, 0) is 65.4 Å². The molecule has 0 fully saturated rings. The van der Waals surface area contributed by atoms with Gasteiger partial charge in [0.2, 0.25) is 0 Å². The highest BCUT2D eigenvalue weighted by Crippen LogP contribution is 2.45. The lowest BCUT2D eigenvalue weighted by atomic mass is 10.0. The molecule has 100 heavy (non-hydrogen) atoms. The van der Waals surface area contributed by atoms with Crippen molar-refractivity contribution in [3.63, 3.8) is 0 Å².